The van der Waals surface area contributed by atoms with Gasteiger partial charge in [0, 0.05) is 49.9 Å². The molecule has 0 radical (unpaired) electrons. The molecule has 4 rings (SSSR count). The van der Waals surface area contributed by atoms with Gasteiger partial charge in [-0.25, -0.2) is 0 Å². The van der Waals surface area contributed by atoms with Crippen molar-refractivity contribution in [3.8, 4) is 0 Å². The van der Waals surface area contributed by atoms with E-state index in [1.54, 1.807) is 0 Å². The van der Waals surface area contributed by atoms with E-state index in [4.69, 9.17) is 0 Å². The minimum absolute atomic E-state index is 0.130. The van der Waals surface area contributed by atoms with Crippen molar-refractivity contribution in [2.75, 3.05) is 32.7 Å². The van der Waals surface area contributed by atoms with Crippen LogP contribution in [0.2, 0.25) is 0 Å². The van der Waals surface area contributed by atoms with Crippen molar-refractivity contribution in [2.45, 2.75) is 51.1 Å². The number of carbonyl (C=O) groups is 1. The molecule has 2 saturated heterocycles. The molecule has 0 bridgehead atoms. The number of carbonyl (C=O) groups excluding carboxylic acids is 1. The third-order valence-corrected chi connectivity index (χ3v) is 5.56. The predicted octanol–water partition coefficient (Wildman–Crippen LogP) is 1.15. The zero-order valence-corrected chi connectivity index (χ0v) is 13.8. The van der Waals surface area contributed by atoms with Crippen LogP contribution in [0.3, 0.4) is 0 Å². The Labute approximate surface area is 137 Å². The minimum Gasteiger partial charge on any atom is -0.333 e. The zero-order valence-electron chi connectivity index (χ0n) is 13.8. The molecule has 0 aliphatic carbocycles. The van der Waals surface area contributed by atoms with Crippen LogP contribution in [0, 0.1) is 0 Å². The highest BCUT2D eigenvalue weighted by atomic mass is 16.2. The van der Waals surface area contributed by atoms with E-state index in [0.29, 0.717) is 11.7 Å². The maximum absolute atomic E-state index is 13.0. The molecule has 0 saturated carbocycles. The lowest BCUT2D eigenvalue weighted by Gasteiger charge is -2.33. The first-order chi connectivity index (χ1) is 11.3. The summed E-state index contributed by atoms with van der Waals surface area (Å²) in [6.45, 7) is 6.03. The Morgan fingerprint density at radius 1 is 1.17 bits per heavy atom. The average molecular weight is 317 g/mol. The van der Waals surface area contributed by atoms with Gasteiger partial charge in [0.2, 0.25) is 0 Å². The lowest BCUT2D eigenvalue weighted by molar-refractivity contribution is 0.0683. The summed E-state index contributed by atoms with van der Waals surface area (Å²) in [6.07, 6.45) is 7.16. The second-order valence-corrected chi connectivity index (χ2v) is 7.11. The van der Waals surface area contributed by atoms with E-state index in [9.17, 15) is 4.79 Å². The van der Waals surface area contributed by atoms with Crippen LogP contribution in [0.5, 0.6) is 0 Å². The van der Waals surface area contributed by atoms with Gasteiger partial charge in [-0.2, -0.15) is 5.10 Å². The Bertz CT molecular complexity index is 563. The van der Waals surface area contributed by atoms with Crippen LogP contribution in [-0.2, 0) is 13.0 Å². The molecular formula is C17H27N5O. The number of aromatic nitrogens is 2. The molecule has 3 aliphatic rings. The Kier molecular flexibility index (Phi) is 4.35. The molecule has 126 valence electrons. The fraction of sp³-hybridized carbons (Fsp3) is 0.765. The summed E-state index contributed by atoms with van der Waals surface area (Å²) in [6, 6.07) is 0.365. The smallest absolute Gasteiger partial charge is 0.274 e. The predicted molar refractivity (Wildman–Crippen MR) is 88.3 cm³/mol. The Balaban J connectivity index is 1.47. The lowest BCUT2D eigenvalue weighted by Crippen LogP contribution is -2.45. The highest BCUT2D eigenvalue weighted by Crippen LogP contribution is 2.24. The zero-order chi connectivity index (χ0) is 15.6. The monoisotopic (exact) mass is 317 g/mol. The van der Waals surface area contributed by atoms with E-state index in [1.807, 2.05) is 0 Å². The second-order valence-electron chi connectivity index (χ2n) is 7.11. The van der Waals surface area contributed by atoms with E-state index >= 15 is 0 Å². The average Bonchev–Trinajstić information content (AvgIpc) is 3.22. The molecule has 1 atom stereocenters. The lowest BCUT2D eigenvalue weighted by atomic mass is 10.1. The van der Waals surface area contributed by atoms with Crippen molar-refractivity contribution in [2.24, 2.45) is 0 Å². The van der Waals surface area contributed by atoms with Gasteiger partial charge in [0.15, 0.2) is 5.69 Å². The van der Waals surface area contributed by atoms with Gasteiger partial charge in [-0.3, -0.25) is 9.89 Å². The van der Waals surface area contributed by atoms with Gasteiger partial charge in [-0.1, -0.05) is 6.42 Å². The number of hydrogen-bond donors (Lipinski definition) is 2. The molecular weight excluding hydrogens is 290 g/mol. The van der Waals surface area contributed by atoms with Crippen LogP contribution >= 0.6 is 0 Å². The molecule has 4 heterocycles. The maximum Gasteiger partial charge on any atom is 0.274 e. The van der Waals surface area contributed by atoms with E-state index < -0.39 is 0 Å². The Morgan fingerprint density at radius 3 is 2.91 bits per heavy atom. The number of likely N-dealkylation sites (tertiary alicyclic amines) is 2. The fourth-order valence-electron chi connectivity index (χ4n) is 4.27. The van der Waals surface area contributed by atoms with E-state index in [1.165, 1.54) is 32.4 Å². The van der Waals surface area contributed by atoms with Crippen LogP contribution in [0.1, 0.15) is 53.8 Å². The number of piperidine rings is 1. The van der Waals surface area contributed by atoms with E-state index in [2.05, 4.69) is 25.3 Å². The molecule has 1 amide bonds. The molecule has 1 aromatic rings. The summed E-state index contributed by atoms with van der Waals surface area (Å²) < 4.78 is 0. The molecule has 2 fully saturated rings. The van der Waals surface area contributed by atoms with Crippen LogP contribution in [0.4, 0.5) is 0 Å². The van der Waals surface area contributed by atoms with Crippen LogP contribution in [0.15, 0.2) is 0 Å². The first-order valence-electron chi connectivity index (χ1n) is 9.13. The second kappa shape index (κ2) is 6.61. The number of rotatable bonds is 3. The minimum atomic E-state index is 0.130. The van der Waals surface area contributed by atoms with Crippen LogP contribution in [-0.4, -0.2) is 64.7 Å². The first-order valence-corrected chi connectivity index (χ1v) is 9.13. The van der Waals surface area contributed by atoms with Gasteiger partial charge >= 0.3 is 0 Å². The topological polar surface area (TPSA) is 64.3 Å². The van der Waals surface area contributed by atoms with Crippen molar-refractivity contribution in [1.29, 1.82) is 0 Å². The molecule has 1 unspecified atom stereocenters. The number of aromatic amines is 1. The number of nitrogens with zero attached hydrogens (tertiary/aromatic N) is 3. The molecule has 6 nitrogen and oxygen atoms in total. The molecule has 0 aromatic carbocycles. The third kappa shape index (κ3) is 3.02. The summed E-state index contributed by atoms with van der Waals surface area (Å²) in [5, 5.41) is 10.8. The number of fused-ring (bicyclic) bond motifs is 1. The van der Waals surface area contributed by atoms with Crippen molar-refractivity contribution >= 4 is 5.91 Å². The van der Waals surface area contributed by atoms with Gasteiger partial charge < -0.3 is 15.1 Å². The number of nitrogens with one attached hydrogen (secondary N) is 2. The quantitative estimate of drug-likeness (QED) is 0.878. The third-order valence-electron chi connectivity index (χ3n) is 5.56. The molecule has 2 N–H and O–H groups in total. The van der Waals surface area contributed by atoms with Crippen LogP contribution < -0.4 is 5.32 Å². The molecule has 3 aliphatic heterocycles. The van der Waals surface area contributed by atoms with Crippen LogP contribution in [0.25, 0.3) is 0 Å². The fourth-order valence-corrected chi connectivity index (χ4v) is 4.27. The summed E-state index contributed by atoms with van der Waals surface area (Å²) in [5.41, 5.74) is 2.88. The molecule has 0 spiro atoms. The van der Waals surface area contributed by atoms with Crippen molar-refractivity contribution < 1.29 is 4.79 Å². The summed E-state index contributed by atoms with van der Waals surface area (Å²) in [7, 11) is 0. The summed E-state index contributed by atoms with van der Waals surface area (Å²) in [4.78, 5) is 17.7. The highest BCUT2D eigenvalue weighted by Gasteiger charge is 2.34. The standard InChI is InChI=1S/C17H27N5O/c23-17(16-14-11-18-7-6-15(14)19-20-16)22-10-4-5-13(22)12-21-8-2-1-3-9-21/h13,18H,1-12H2,(H,19,20). The number of hydrogen-bond acceptors (Lipinski definition) is 4. The van der Waals surface area contributed by atoms with E-state index in [0.717, 1.165) is 56.7 Å². The van der Waals surface area contributed by atoms with E-state index in [-0.39, 0.29) is 5.91 Å². The number of amides is 1. The molecule has 6 heteroatoms. The van der Waals surface area contributed by atoms with Gasteiger partial charge in [-0.05, 0) is 38.8 Å². The summed E-state index contributed by atoms with van der Waals surface area (Å²) in [5.74, 6) is 0.130. The van der Waals surface area contributed by atoms with Crippen molar-refractivity contribution in [3.05, 3.63) is 17.0 Å². The summed E-state index contributed by atoms with van der Waals surface area (Å²) >= 11 is 0. The number of H-pyrrole nitrogens is 1. The Morgan fingerprint density at radius 2 is 2.04 bits per heavy atom. The van der Waals surface area contributed by atoms with Gasteiger partial charge in [0.05, 0.1) is 0 Å². The van der Waals surface area contributed by atoms with Gasteiger partial charge in [0.25, 0.3) is 5.91 Å². The SMILES string of the molecule is O=C(c1n[nH]c2c1CNCC2)N1CCCC1CN1CCCCC1. The van der Waals surface area contributed by atoms with Crippen molar-refractivity contribution in [1.82, 2.24) is 25.3 Å². The van der Waals surface area contributed by atoms with Gasteiger partial charge in [0.1, 0.15) is 0 Å². The maximum atomic E-state index is 13.0. The molecule has 1 aromatic heterocycles. The first kappa shape index (κ1) is 15.1. The molecule has 23 heavy (non-hydrogen) atoms. The van der Waals surface area contributed by atoms with Crippen molar-refractivity contribution in [3.63, 3.8) is 0 Å². The highest BCUT2D eigenvalue weighted by molar-refractivity contribution is 5.94. The normalized spacial score (nSPS) is 25.6. The van der Waals surface area contributed by atoms with Gasteiger partial charge in [-0.15, -0.1) is 0 Å². The largest absolute Gasteiger partial charge is 0.333 e. The Hall–Kier alpha value is -1.40.